The summed E-state index contributed by atoms with van der Waals surface area (Å²) in [4.78, 5) is 0. The van der Waals surface area contributed by atoms with Crippen LogP contribution < -0.4 is 0 Å². The Morgan fingerprint density at radius 1 is 1.08 bits per heavy atom. The fourth-order valence-electron chi connectivity index (χ4n) is 3.34. The fourth-order valence-corrected chi connectivity index (χ4v) is 3.34. The molecule has 1 nitrogen and oxygen atoms in total. The second-order valence-corrected chi connectivity index (χ2v) is 9.80. The lowest BCUT2D eigenvalue weighted by molar-refractivity contribution is -0.126. The van der Waals surface area contributed by atoms with E-state index in [2.05, 4.69) is 92.3 Å². The van der Waals surface area contributed by atoms with Gasteiger partial charge in [0.2, 0.25) is 0 Å². The minimum absolute atomic E-state index is 0.0453. The van der Waals surface area contributed by atoms with Crippen LogP contribution in [0, 0.1) is 10.8 Å². The van der Waals surface area contributed by atoms with E-state index in [9.17, 15) is 0 Å². The highest BCUT2D eigenvalue weighted by Gasteiger charge is 2.38. The van der Waals surface area contributed by atoms with Crippen molar-refractivity contribution in [2.45, 2.75) is 86.9 Å². The van der Waals surface area contributed by atoms with E-state index in [1.54, 1.807) is 0 Å². The number of hydrogen-bond donors (Lipinski definition) is 0. The third-order valence-electron chi connectivity index (χ3n) is 4.69. The van der Waals surface area contributed by atoms with Crippen LogP contribution in [-0.4, -0.2) is 11.7 Å². The largest absolute Gasteiger partial charge is 0.368 e. The lowest BCUT2D eigenvalue weighted by Crippen LogP contribution is -2.42. The zero-order valence-corrected chi connectivity index (χ0v) is 17.9. The summed E-state index contributed by atoms with van der Waals surface area (Å²) in [7, 11) is 0. The lowest BCUT2D eigenvalue weighted by Gasteiger charge is -2.44. The van der Waals surface area contributed by atoms with Gasteiger partial charge in [-0.15, -0.1) is 5.73 Å². The molecule has 0 aromatic rings. The van der Waals surface area contributed by atoms with Gasteiger partial charge in [-0.05, 0) is 63.0 Å². The second-order valence-electron chi connectivity index (χ2n) is 9.80. The molecule has 0 unspecified atom stereocenters. The standard InChI is InChI=1S/C24H38O/c1-19(13-11-10-12-14-20(2)22(3,4)5)15-16-21-17-23(6,7)18-24(8,9)25-21/h10-13,15-16,21H,17-18H2,1-9H3/b11-10+,16-15+,19-13+/t14?,21-/m1/s1. The van der Waals surface area contributed by atoms with E-state index < -0.39 is 0 Å². The Kier molecular flexibility index (Phi) is 7.29. The lowest BCUT2D eigenvalue weighted by atomic mass is 9.75. The number of rotatable bonds is 4. The molecule has 1 atom stereocenters. The van der Waals surface area contributed by atoms with Gasteiger partial charge < -0.3 is 4.74 Å². The maximum atomic E-state index is 6.21. The molecule has 0 aliphatic carbocycles. The highest BCUT2D eigenvalue weighted by Crippen LogP contribution is 2.41. The molecule has 1 aliphatic heterocycles. The van der Waals surface area contributed by atoms with Crippen LogP contribution in [0.15, 0.2) is 53.3 Å². The molecule has 1 fully saturated rings. The Labute approximate surface area is 156 Å². The molecule has 0 aromatic heterocycles. The summed E-state index contributed by atoms with van der Waals surface area (Å²) in [6, 6.07) is 0. The monoisotopic (exact) mass is 342 g/mol. The first kappa shape index (κ1) is 21.7. The Hall–Kier alpha value is -1.30. The van der Waals surface area contributed by atoms with Crippen molar-refractivity contribution in [3.8, 4) is 0 Å². The minimum atomic E-state index is -0.0453. The highest BCUT2D eigenvalue weighted by atomic mass is 16.5. The SMILES string of the molecule is CC(=C=C/C=C/C=C(C)/C=C/[C@@H]1CC(C)(C)CC(C)(C)O1)C(C)(C)C. The predicted octanol–water partition coefficient (Wildman–Crippen LogP) is 7.18. The molecule has 1 saturated heterocycles. The topological polar surface area (TPSA) is 9.23 Å². The molecule has 1 aliphatic rings. The number of allylic oxidation sites excluding steroid dienone is 6. The van der Waals surface area contributed by atoms with Gasteiger partial charge in [0.15, 0.2) is 0 Å². The maximum Gasteiger partial charge on any atom is 0.0771 e. The Morgan fingerprint density at radius 2 is 1.72 bits per heavy atom. The normalized spacial score (nSPS) is 23.7. The molecule has 0 saturated carbocycles. The predicted molar refractivity (Wildman–Crippen MR) is 111 cm³/mol. The van der Waals surface area contributed by atoms with Crippen LogP contribution in [0.3, 0.4) is 0 Å². The van der Waals surface area contributed by atoms with Gasteiger partial charge >= 0.3 is 0 Å². The van der Waals surface area contributed by atoms with Gasteiger partial charge in [0, 0.05) is 0 Å². The molecule has 0 bridgehead atoms. The molecular formula is C24H38O. The van der Waals surface area contributed by atoms with Crippen molar-refractivity contribution in [3.05, 3.63) is 53.3 Å². The molecule has 0 aromatic carbocycles. The van der Waals surface area contributed by atoms with Crippen molar-refractivity contribution < 1.29 is 4.74 Å². The molecule has 0 amide bonds. The molecule has 1 rings (SSSR count). The third-order valence-corrected chi connectivity index (χ3v) is 4.69. The first-order valence-electron chi connectivity index (χ1n) is 9.44. The van der Waals surface area contributed by atoms with Crippen molar-refractivity contribution >= 4 is 0 Å². The minimum Gasteiger partial charge on any atom is -0.368 e. The Balaban J connectivity index is 2.67. The smallest absolute Gasteiger partial charge is 0.0771 e. The zero-order chi connectivity index (χ0) is 19.3. The molecule has 140 valence electrons. The summed E-state index contributed by atoms with van der Waals surface area (Å²) in [5.41, 5.74) is 6.29. The van der Waals surface area contributed by atoms with E-state index in [0.29, 0.717) is 5.41 Å². The Morgan fingerprint density at radius 3 is 2.28 bits per heavy atom. The van der Waals surface area contributed by atoms with Crippen molar-refractivity contribution in [1.29, 1.82) is 0 Å². The average molecular weight is 343 g/mol. The summed E-state index contributed by atoms with van der Waals surface area (Å²) < 4.78 is 6.21. The van der Waals surface area contributed by atoms with Crippen LogP contribution in [-0.2, 0) is 4.74 Å². The van der Waals surface area contributed by atoms with E-state index in [-0.39, 0.29) is 17.1 Å². The van der Waals surface area contributed by atoms with E-state index >= 15 is 0 Å². The summed E-state index contributed by atoms with van der Waals surface area (Å²) >= 11 is 0. The van der Waals surface area contributed by atoms with E-state index in [4.69, 9.17) is 4.74 Å². The quantitative estimate of drug-likeness (QED) is 0.388. The zero-order valence-electron chi connectivity index (χ0n) is 17.9. The first-order valence-corrected chi connectivity index (χ1v) is 9.44. The van der Waals surface area contributed by atoms with Gasteiger partial charge in [-0.1, -0.05) is 70.6 Å². The van der Waals surface area contributed by atoms with E-state index in [0.717, 1.165) is 12.8 Å². The van der Waals surface area contributed by atoms with E-state index in [1.807, 2.05) is 12.2 Å². The van der Waals surface area contributed by atoms with Gasteiger partial charge in [0.25, 0.3) is 0 Å². The molecular weight excluding hydrogens is 304 g/mol. The first-order chi connectivity index (χ1) is 11.3. The highest BCUT2D eigenvalue weighted by molar-refractivity contribution is 5.24. The molecule has 1 heteroatoms. The van der Waals surface area contributed by atoms with Gasteiger partial charge in [-0.3, -0.25) is 0 Å². The van der Waals surface area contributed by atoms with Crippen LogP contribution in [0.25, 0.3) is 0 Å². The van der Waals surface area contributed by atoms with Crippen LogP contribution >= 0.6 is 0 Å². The average Bonchev–Trinajstić information content (AvgIpc) is 2.40. The van der Waals surface area contributed by atoms with Crippen molar-refractivity contribution in [2.24, 2.45) is 10.8 Å². The number of hydrogen-bond acceptors (Lipinski definition) is 1. The summed E-state index contributed by atoms with van der Waals surface area (Å²) in [5, 5.41) is 0. The Bertz CT molecular complexity index is 580. The van der Waals surface area contributed by atoms with Crippen LogP contribution in [0.5, 0.6) is 0 Å². The summed E-state index contributed by atoms with van der Waals surface area (Å²) in [5.74, 6) is 0. The van der Waals surface area contributed by atoms with E-state index in [1.165, 1.54) is 11.1 Å². The van der Waals surface area contributed by atoms with Gasteiger partial charge in [-0.25, -0.2) is 0 Å². The fraction of sp³-hybridized carbons (Fsp3) is 0.625. The van der Waals surface area contributed by atoms with Crippen LogP contribution in [0.1, 0.15) is 75.2 Å². The van der Waals surface area contributed by atoms with Crippen molar-refractivity contribution in [3.63, 3.8) is 0 Å². The summed E-state index contributed by atoms with van der Waals surface area (Å²) in [6.07, 6.45) is 15.0. The van der Waals surface area contributed by atoms with Gasteiger partial charge in [0.05, 0.1) is 11.7 Å². The van der Waals surface area contributed by atoms with Gasteiger partial charge in [-0.2, -0.15) is 0 Å². The molecule has 0 N–H and O–H groups in total. The molecule has 0 spiro atoms. The molecule has 25 heavy (non-hydrogen) atoms. The third kappa shape index (κ3) is 8.56. The summed E-state index contributed by atoms with van der Waals surface area (Å²) in [6.45, 7) is 19.9. The van der Waals surface area contributed by atoms with Crippen LogP contribution in [0.4, 0.5) is 0 Å². The number of ether oxygens (including phenoxy) is 1. The van der Waals surface area contributed by atoms with Crippen molar-refractivity contribution in [2.75, 3.05) is 0 Å². The second kappa shape index (κ2) is 8.39. The van der Waals surface area contributed by atoms with Crippen LogP contribution in [0.2, 0.25) is 0 Å². The molecule has 0 radical (unpaired) electrons. The van der Waals surface area contributed by atoms with Crippen molar-refractivity contribution in [1.82, 2.24) is 0 Å². The maximum absolute atomic E-state index is 6.21. The molecule has 1 heterocycles. The van der Waals surface area contributed by atoms with Gasteiger partial charge in [0.1, 0.15) is 0 Å².